The number of nitro groups is 1. The van der Waals surface area contributed by atoms with Gasteiger partial charge in [-0.25, -0.2) is 0 Å². The van der Waals surface area contributed by atoms with Gasteiger partial charge in [0.25, 0.3) is 5.69 Å². The Morgan fingerprint density at radius 3 is 1.79 bits per heavy atom. The minimum atomic E-state index is -2.61. The van der Waals surface area contributed by atoms with Gasteiger partial charge in [-0.05, 0) is 11.5 Å². The topological polar surface area (TPSA) is 77.6 Å². The van der Waals surface area contributed by atoms with Crippen LogP contribution in [0.2, 0.25) is 0 Å². The van der Waals surface area contributed by atoms with Gasteiger partial charge < -0.3 is 4.74 Å². The van der Waals surface area contributed by atoms with E-state index in [4.69, 9.17) is 9.48 Å². The molecule has 0 bridgehead atoms. The number of nitro benzene ring substituents is 1. The lowest BCUT2D eigenvalue weighted by Gasteiger charge is -2.27. The average Bonchev–Trinajstić information content (AvgIpc) is 3.32. The molecule has 0 saturated heterocycles. The second-order valence-electron chi connectivity index (χ2n) is 7.53. The van der Waals surface area contributed by atoms with Crippen LogP contribution in [0.3, 0.4) is 0 Å². The predicted octanol–water partition coefficient (Wildman–Crippen LogP) is 6.02. The van der Waals surface area contributed by atoms with E-state index in [1.807, 2.05) is 54.6 Å². The molecule has 34 heavy (non-hydrogen) atoms. The molecular weight excluding hydrogens is 465 g/mol. The SMILES string of the molecule is COc1nsc2cc([N+](=O)[O-])cc(N=P(c3ccccc3)(c3ccccc3)c3ccccc3)c12. The summed E-state index contributed by atoms with van der Waals surface area (Å²) in [6, 6.07) is 33.5. The summed E-state index contributed by atoms with van der Waals surface area (Å²) in [7, 11) is -1.06. The summed E-state index contributed by atoms with van der Waals surface area (Å²) < 4.78 is 16.0. The molecule has 1 aromatic heterocycles. The molecule has 168 valence electrons. The molecule has 4 aromatic carbocycles. The lowest BCUT2D eigenvalue weighted by molar-refractivity contribution is -0.384. The summed E-state index contributed by atoms with van der Waals surface area (Å²) in [5, 5.41) is 15.6. The number of rotatable bonds is 6. The number of methoxy groups -OCH3 is 1. The molecule has 0 saturated carbocycles. The van der Waals surface area contributed by atoms with Gasteiger partial charge >= 0.3 is 0 Å². The second kappa shape index (κ2) is 9.21. The van der Waals surface area contributed by atoms with Crippen molar-refractivity contribution in [1.82, 2.24) is 4.37 Å². The highest BCUT2D eigenvalue weighted by molar-refractivity contribution is 7.87. The van der Waals surface area contributed by atoms with E-state index < -0.39 is 12.0 Å². The monoisotopic (exact) mass is 485 g/mol. The number of hydrogen-bond acceptors (Lipinski definition) is 6. The maximum absolute atomic E-state index is 11.8. The van der Waals surface area contributed by atoms with Crippen molar-refractivity contribution >= 4 is 56.0 Å². The van der Waals surface area contributed by atoms with Gasteiger partial charge in [0.1, 0.15) is 0 Å². The van der Waals surface area contributed by atoms with Gasteiger partial charge in [-0.15, -0.1) is 0 Å². The predicted molar refractivity (Wildman–Crippen MR) is 140 cm³/mol. The van der Waals surface area contributed by atoms with E-state index in [1.54, 1.807) is 7.11 Å². The van der Waals surface area contributed by atoms with E-state index >= 15 is 0 Å². The van der Waals surface area contributed by atoms with E-state index in [2.05, 4.69) is 40.8 Å². The summed E-state index contributed by atoms with van der Waals surface area (Å²) in [5.41, 5.74) is 0.476. The molecule has 0 aliphatic rings. The Labute approximate surface area is 200 Å². The maximum atomic E-state index is 11.8. The molecule has 1 heterocycles. The molecule has 5 aromatic rings. The Morgan fingerprint density at radius 2 is 1.35 bits per heavy atom. The summed E-state index contributed by atoms with van der Waals surface area (Å²) >= 11 is 1.17. The van der Waals surface area contributed by atoms with Gasteiger partial charge in [0.15, 0.2) is 0 Å². The van der Waals surface area contributed by atoms with E-state index in [0.717, 1.165) is 15.9 Å². The maximum Gasteiger partial charge on any atom is 0.273 e. The molecule has 0 N–H and O–H groups in total. The molecule has 0 aliphatic heterocycles. The molecular formula is C26H20N3O3PS. The molecule has 5 rings (SSSR count). The largest absolute Gasteiger partial charge is 0.480 e. The lowest BCUT2D eigenvalue weighted by Crippen LogP contribution is -2.25. The van der Waals surface area contributed by atoms with Crippen LogP contribution in [0.4, 0.5) is 11.4 Å². The number of fused-ring (bicyclic) bond motifs is 1. The quantitative estimate of drug-likeness (QED) is 0.167. The van der Waals surface area contributed by atoms with Crippen molar-refractivity contribution in [3.8, 4) is 5.88 Å². The standard InChI is InChI=1S/C26H20N3O3PS/c1-32-26-25-23(17-19(29(30)31)18-24(25)34-28-26)27-33(20-11-5-2-6-12-20,21-13-7-3-8-14-21)22-15-9-4-10-16-22/h2-18H,1H3. The third-order valence-corrected chi connectivity index (χ3v) is 9.99. The van der Waals surface area contributed by atoms with Crippen molar-refractivity contribution in [3.05, 3.63) is 113 Å². The Hall–Kier alpha value is -3.80. The fourth-order valence-electron chi connectivity index (χ4n) is 4.05. The molecule has 8 heteroatoms. The van der Waals surface area contributed by atoms with Crippen LogP contribution in [-0.2, 0) is 0 Å². The van der Waals surface area contributed by atoms with E-state index in [-0.39, 0.29) is 5.69 Å². The third kappa shape index (κ3) is 3.79. The summed E-state index contributed by atoms with van der Waals surface area (Å²) in [4.78, 5) is 11.4. The van der Waals surface area contributed by atoms with Gasteiger partial charge in [-0.3, -0.25) is 14.9 Å². The summed E-state index contributed by atoms with van der Waals surface area (Å²) in [6.45, 7) is 0. The van der Waals surface area contributed by atoms with Crippen molar-refractivity contribution < 1.29 is 9.66 Å². The third-order valence-electron chi connectivity index (χ3n) is 5.56. The van der Waals surface area contributed by atoms with Crippen LogP contribution >= 0.6 is 18.6 Å². The van der Waals surface area contributed by atoms with Crippen molar-refractivity contribution in [2.45, 2.75) is 0 Å². The smallest absolute Gasteiger partial charge is 0.273 e. The second-order valence-corrected chi connectivity index (χ2v) is 11.4. The Bertz CT molecular complexity index is 1420. The molecule has 6 nitrogen and oxygen atoms in total. The minimum Gasteiger partial charge on any atom is -0.480 e. The summed E-state index contributed by atoms with van der Waals surface area (Å²) in [5.74, 6) is 0.418. The van der Waals surface area contributed by atoms with Crippen LogP contribution in [0.5, 0.6) is 5.88 Å². The number of aromatic nitrogens is 1. The van der Waals surface area contributed by atoms with Gasteiger partial charge in [-0.2, -0.15) is 4.37 Å². The highest BCUT2D eigenvalue weighted by Gasteiger charge is 2.29. The number of benzene rings is 4. The van der Waals surface area contributed by atoms with Crippen molar-refractivity contribution in [2.24, 2.45) is 4.74 Å². The highest BCUT2D eigenvalue weighted by atomic mass is 32.1. The number of nitrogens with zero attached hydrogens (tertiary/aromatic N) is 3. The molecule has 0 spiro atoms. The van der Waals surface area contributed by atoms with Crippen LogP contribution in [0.25, 0.3) is 10.1 Å². The van der Waals surface area contributed by atoms with Crippen LogP contribution in [0, 0.1) is 10.1 Å². The van der Waals surface area contributed by atoms with E-state index in [1.165, 1.54) is 23.7 Å². The van der Waals surface area contributed by atoms with E-state index in [9.17, 15) is 10.1 Å². The fraction of sp³-hybridized carbons (Fsp3) is 0.0385. The fourth-order valence-corrected chi connectivity index (χ4v) is 8.38. The highest BCUT2D eigenvalue weighted by Crippen LogP contribution is 2.52. The zero-order valence-corrected chi connectivity index (χ0v) is 19.9. The van der Waals surface area contributed by atoms with Crippen molar-refractivity contribution in [3.63, 3.8) is 0 Å². The van der Waals surface area contributed by atoms with Crippen LogP contribution in [-0.4, -0.2) is 16.4 Å². The number of hydrogen-bond donors (Lipinski definition) is 0. The first-order valence-electron chi connectivity index (χ1n) is 10.5. The normalized spacial score (nSPS) is 11.3. The van der Waals surface area contributed by atoms with Crippen molar-refractivity contribution in [2.75, 3.05) is 7.11 Å². The van der Waals surface area contributed by atoms with Gasteiger partial charge in [0.05, 0.1) is 34.9 Å². The molecule has 0 atom stereocenters. The average molecular weight is 486 g/mol. The first kappa shape index (κ1) is 22.0. The zero-order chi connectivity index (χ0) is 23.5. The van der Waals surface area contributed by atoms with Crippen LogP contribution in [0.1, 0.15) is 0 Å². The Morgan fingerprint density at radius 1 is 0.853 bits per heavy atom. The van der Waals surface area contributed by atoms with Gasteiger partial charge in [0, 0.05) is 28.0 Å². The van der Waals surface area contributed by atoms with Gasteiger partial charge in [-0.1, -0.05) is 91.0 Å². The van der Waals surface area contributed by atoms with Crippen molar-refractivity contribution in [1.29, 1.82) is 0 Å². The Kier molecular flexibility index (Phi) is 5.97. The molecule has 0 radical (unpaired) electrons. The molecule has 0 amide bonds. The van der Waals surface area contributed by atoms with Crippen LogP contribution < -0.4 is 20.7 Å². The van der Waals surface area contributed by atoms with Gasteiger partial charge in [0.2, 0.25) is 5.88 Å². The molecule has 0 aliphatic carbocycles. The molecule has 0 unspecified atom stereocenters. The summed E-state index contributed by atoms with van der Waals surface area (Å²) in [6.07, 6.45) is 0. The first-order valence-corrected chi connectivity index (χ1v) is 13.1. The first-order chi connectivity index (χ1) is 16.6. The van der Waals surface area contributed by atoms with E-state index in [0.29, 0.717) is 21.7 Å². The Balaban J connectivity index is 1.99. The van der Waals surface area contributed by atoms with Crippen LogP contribution in [0.15, 0.2) is 108 Å². The lowest BCUT2D eigenvalue weighted by atomic mass is 10.2. The number of ether oxygens (including phenoxy) is 1. The zero-order valence-electron chi connectivity index (χ0n) is 18.2. The minimum absolute atomic E-state index is 0.0233. The molecule has 0 fully saturated rings. The number of non-ortho nitro benzene ring substituents is 1.